The molecule has 2 aromatic carbocycles. The van der Waals surface area contributed by atoms with E-state index in [1.165, 1.54) is 16.4 Å². The number of hydrogen-bond acceptors (Lipinski definition) is 4. The van der Waals surface area contributed by atoms with E-state index in [9.17, 15) is 17.6 Å². The quantitative estimate of drug-likeness (QED) is 0.745. The number of sulfonamides is 1. The van der Waals surface area contributed by atoms with Crippen molar-refractivity contribution in [2.24, 2.45) is 0 Å². The Balaban J connectivity index is 1.47. The van der Waals surface area contributed by atoms with Crippen LogP contribution in [0, 0.1) is 5.82 Å². The Morgan fingerprint density at radius 1 is 1.00 bits per heavy atom. The topological polar surface area (TPSA) is 66.9 Å². The summed E-state index contributed by atoms with van der Waals surface area (Å²) >= 11 is 0. The van der Waals surface area contributed by atoms with E-state index < -0.39 is 21.4 Å². The standard InChI is InChI=1S/C22H25FN2O4S/c23-19-6-8-20(9-7-19)30(27,28)25-13-11-22(12-14-25)17-24(21(26)10-15-29-22)16-18-4-2-1-3-5-18/h1-9H,10-17H2. The summed E-state index contributed by atoms with van der Waals surface area (Å²) in [6.07, 6.45) is 1.34. The second kappa shape index (κ2) is 8.45. The molecular formula is C22H25FN2O4S. The number of piperidine rings is 1. The van der Waals surface area contributed by atoms with Gasteiger partial charge in [-0.1, -0.05) is 30.3 Å². The lowest BCUT2D eigenvalue weighted by Gasteiger charge is -2.42. The molecule has 0 aliphatic carbocycles. The first-order valence-corrected chi connectivity index (χ1v) is 11.5. The number of rotatable bonds is 4. The van der Waals surface area contributed by atoms with Gasteiger partial charge < -0.3 is 9.64 Å². The van der Waals surface area contributed by atoms with Crippen molar-refractivity contribution in [2.45, 2.75) is 36.3 Å². The molecule has 6 nitrogen and oxygen atoms in total. The molecule has 0 N–H and O–H groups in total. The maximum atomic E-state index is 13.2. The van der Waals surface area contributed by atoms with Crippen molar-refractivity contribution in [1.29, 1.82) is 0 Å². The fraction of sp³-hybridized carbons (Fsp3) is 0.409. The minimum atomic E-state index is -3.69. The first-order chi connectivity index (χ1) is 14.4. The summed E-state index contributed by atoms with van der Waals surface area (Å²) in [5, 5.41) is 0. The van der Waals surface area contributed by atoms with Gasteiger partial charge in [-0.15, -0.1) is 0 Å². The second-order valence-corrected chi connectivity index (χ2v) is 9.81. The van der Waals surface area contributed by atoms with Gasteiger partial charge in [0.1, 0.15) is 5.82 Å². The summed E-state index contributed by atoms with van der Waals surface area (Å²) in [5.74, 6) is -0.418. The van der Waals surface area contributed by atoms with Gasteiger partial charge in [0.05, 0.1) is 30.1 Å². The zero-order valence-corrected chi connectivity index (χ0v) is 17.5. The van der Waals surface area contributed by atoms with Crippen molar-refractivity contribution in [3.05, 3.63) is 66.0 Å². The fourth-order valence-electron chi connectivity index (χ4n) is 4.13. The molecule has 0 atom stereocenters. The molecule has 2 saturated heterocycles. The molecule has 30 heavy (non-hydrogen) atoms. The minimum Gasteiger partial charge on any atom is -0.373 e. The zero-order chi connectivity index (χ0) is 21.2. The van der Waals surface area contributed by atoms with Crippen LogP contribution in [0.2, 0.25) is 0 Å². The van der Waals surface area contributed by atoms with Crippen molar-refractivity contribution in [3.8, 4) is 0 Å². The molecule has 160 valence electrons. The van der Waals surface area contributed by atoms with Crippen LogP contribution < -0.4 is 0 Å². The Hall–Kier alpha value is -2.29. The number of halogens is 1. The van der Waals surface area contributed by atoms with Gasteiger partial charge >= 0.3 is 0 Å². The highest BCUT2D eigenvalue weighted by Gasteiger charge is 2.42. The Morgan fingerprint density at radius 3 is 2.33 bits per heavy atom. The van der Waals surface area contributed by atoms with Gasteiger partial charge in [-0.25, -0.2) is 12.8 Å². The second-order valence-electron chi connectivity index (χ2n) is 7.87. The average molecular weight is 433 g/mol. The van der Waals surface area contributed by atoms with Gasteiger partial charge in [0.15, 0.2) is 0 Å². The smallest absolute Gasteiger partial charge is 0.243 e. The van der Waals surface area contributed by atoms with Crippen LogP contribution in [0.3, 0.4) is 0 Å². The third kappa shape index (κ3) is 4.40. The largest absolute Gasteiger partial charge is 0.373 e. The van der Waals surface area contributed by atoms with E-state index in [1.54, 1.807) is 0 Å². The summed E-state index contributed by atoms with van der Waals surface area (Å²) in [6.45, 7) is 1.91. The summed E-state index contributed by atoms with van der Waals surface area (Å²) in [4.78, 5) is 14.5. The molecule has 0 saturated carbocycles. The molecule has 2 aromatic rings. The first-order valence-electron chi connectivity index (χ1n) is 10.1. The molecule has 2 aliphatic rings. The predicted octanol–water partition coefficient (Wildman–Crippen LogP) is 2.80. The number of benzene rings is 2. The molecule has 1 amide bonds. The van der Waals surface area contributed by atoms with Crippen LogP contribution in [0.4, 0.5) is 4.39 Å². The van der Waals surface area contributed by atoms with Crippen LogP contribution in [-0.4, -0.2) is 55.4 Å². The molecule has 0 aromatic heterocycles. The van der Waals surface area contributed by atoms with Crippen molar-refractivity contribution < 1.29 is 22.3 Å². The lowest BCUT2D eigenvalue weighted by Crippen LogP contribution is -2.52. The lowest BCUT2D eigenvalue weighted by atomic mass is 9.91. The third-order valence-corrected chi connectivity index (χ3v) is 7.77. The van der Waals surface area contributed by atoms with Gasteiger partial charge in [0.25, 0.3) is 0 Å². The number of carbonyl (C=O) groups is 1. The fourth-order valence-corrected chi connectivity index (χ4v) is 5.58. The summed E-state index contributed by atoms with van der Waals surface area (Å²) in [5.41, 5.74) is 0.509. The lowest BCUT2D eigenvalue weighted by molar-refractivity contribution is -0.132. The highest BCUT2D eigenvalue weighted by atomic mass is 32.2. The van der Waals surface area contributed by atoms with Crippen LogP contribution in [0.5, 0.6) is 0 Å². The summed E-state index contributed by atoms with van der Waals surface area (Å²) in [6, 6.07) is 14.7. The Morgan fingerprint density at radius 2 is 1.67 bits per heavy atom. The van der Waals surface area contributed by atoms with Crippen LogP contribution in [0.1, 0.15) is 24.8 Å². The van der Waals surface area contributed by atoms with Crippen molar-refractivity contribution in [1.82, 2.24) is 9.21 Å². The molecule has 0 unspecified atom stereocenters. The van der Waals surface area contributed by atoms with Gasteiger partial charge in [-0.3, -0.25) is 4.79 Å². The number of carbonyl (C=O) groups excluding carboxylic acids is 1. The van der Waals surface area contributed by atoms with Gasteiger partial charge in [-0.05, 0) is 42.7 Å². The Labute approximate surface area is 176 Å². The number of amides is 1. The van der Waals surface area contributed by atoms with E-state index >= 15 is 0 Å². The molecule has 4 rings (SSSR count). The Bertz CT molecular complexity index is 988. The molecular weight excluding hydrogens is 407 g/mol. The van der Waals surface area contributed by atoms with Crippen LogP contribution in [0.15, 0.2) is 59.5 Å². The van der Waals surface area contributed by atoms with E-state index in [0.717, 1.165) is 17.7 Å². The molecule has 8 heteroatoms. The highest BCUT2D eigenvalue weighted by molar-refractivity contribution is 7.89. The number of ether oxygens (including phenoxy) is 1. The minimum absolute atomic E-state index is 0.0529. The summed E-state index contributed by atoms with van der Waals surface area (Å²) in [7, 11) is -3.69. The van der Waals surface area contributed by atoms with E-state index in [1.807, 2.05) is 35.2 Å². The monoisotopic (exact) mass is 432 g/mol. The van der Waals surface area contributed by atoms with E-state index in [-0.39, 0.29) is 10.8 Å². The van der Waals surface area contributed by atoms with Crippen molar-refractivity contribution in [3.63, 3.8) is 0 Å². The van der Waals surface area contributed by atoms with E-state index in [2.05, 4.69) is 0 Å². The maximum absolute atomic E-state index is 13.2. The molecule has 2 aliphatic heterocycles. The third-order valence-electron chi connectivity index (χ3n) is 5.86. The van der Waals surface area contributed by atoms with Crippen LogP contribution in [0.25, 0.3) is 0 Å². The molecule has 2 heterocycles. The highest BCUT2D eigenvalue weighted by Crippen LogP contribution is 2.33. The molecule has 1 spiro atoms. The molecule has 2 fully saturated rings. The van der Waals surface area contributed by atoms with Crippen LogP contribution in [-0.2, 0) is 26.1 Å². The zero-order valence-electron chi connectivity index (χ0n) is 16.7. The summed E-state index contributed by atoms with van der Waals surface area (Å²) < 4.78 is 46.5. The number of nitrogens with zero attached hydrogens (tertiary/aromatic N) is 2. The van der Waals surface area contributed by atoms with Gasteiger partial charge in [0, 0.05) is 19.6 Å². The maximum Gasteiger partial charge on any atom is 0.243 e. The van der Waals surface area contributed by atoms with E-state index in [0.29, 0.717) is 52.0 Å². The average Bonchev–Trinajstić information content (AvgIpc) is 2.88. The normalized spacial score (nSPS) is 20.3. The van der Waals surface area contributed by atoms with Crippen LogP contribution >= 0.6 is 0 Å². The van der Waals surface area contributed by atoms with Gasteiger partial charge in [0.2, 0.25) is 15.9 Å². The van der Waals surface area contributed by atoms with Gasteiger partial charge in [-0.2, -0.15) is 4.31 Å². The molecule has 0 radical (unpaired) electrons. The van der Waals surface area contributed by atoms with E-state index in [4.69, 9.17) is 4.74 Å². The van der Waals surface area contributed by atoms with Crippen molar-refractivity contribution >= 4 is 15.9 Å². The Kier molecular flexibility index (Phi) is 5.90. The van der Waals surface area contributed by atoms with Crippen molar-refractivity contribution in [2.75, 3.05) is 26.2 Å². The number of hydrogen-bond donors (Lipinski definition) is 0. The first kappa shape index (κ1) is 21.0. The molecule has 0 bridgehead atoms. The predicted molar refractivity (Wildman–Crippen MR) is 110 cm³/mol. The SMILES string of the molecule is O=C1CCOC2(CCN(S(=O)(=O)c3ccc(F)cc3)CC2)CN1Cc1ccccc1.